The van der Waals surface area contributed by atoms with E-state index in [0.717, 1.165) is 17.8 Å². The van der Waals surface area contributed by atoms with Gasteiger partial charge < -0.3 is 4.90 Å². The summed E-state index contributed by atoms with van der Waals surface area (Å²) in [4.78, 5) is 16.6. The molecule has 2 aliphatic rings. The molecule has 2 aliphatic heterocycles. The van der Waals surface area contributed by atoms with Gasteiger partial charge in [0, 0.05) is 48.4 Å². The second-order valence-electron chi connectivity index (χ2n) is 7.85. The van der Waals surface area contributed by atoms with Crippen LogP contribution in [0.3, 0.4) is 0 Å². The maximum atomic E-state index is 12.8. The normalized spacial score (nSPS) is 26.6. The van der Waals surface area contributed by atoms with Crippen molar-refractivity contribution in [1.82, 2.24) is 19.4 Å². The Morgan fingerprint density at radius 2 is 2.00 bits per heavy atom. The van der Waals surface area contributed by atoms with Crippen LogP contribution in [0.5, 0.6) is 0 Å². The smallest absolute Gasteiger partial charge is 0.236 e. The van der Waals surface area contributed by atoms with Crippen molar-refractivity contribution in [3.8, 4) is 0 Å². The summed E-state index contributed by atoms with van der Waals surface area (Å²) in [5, 5.41) is 6.93. The highest BCUT2D eigenvalue weighted by Crippen LogP contribution is 2.39. The molecule has 1 aromatic heterocycles. The molecule has 2 saturated heterocycles. The zero-order valence-corrected chi connectivity index (χ0v) is 18.5. The number of likely N-dealkylation sites (N-methyl/N-ethyl adjacent to an activating group) is 1. The zero-order chi connectivity index (χ0) is 20.6. The van der Waals surface area contributed by atoms with Crippen LogP contribution in [0, 0.1) is 0 Å². The Morgan fingerprint density at radius 3 is 2.62 bits per heavy atom. The van der Waals surface area contributed by atoms with Crippen LogP contribution in [0.2, 0.25) is 5.02 Å². The van der Waals surface area contributed by atoms with E-state index in [2.05, 4.69) is 14.5 Å². The molecule has 7 nitrogen and oxygen atoms in total. The highest BCUT2D eigenvalue weighted by Gasteiger charge is 2.38. The maximum absolute atomic E-state index is 12.8. The first-order valence-electron chi connectivity index (χ1n) is 9.53. The summed E-state index contributed by atoms with van der Waals surface area (Å²) in [5.41, 5.74) is 2.11. The van der Waals surface area contributed by atoms with Gasteiger partial charge in [0.25, 0.3) is 0 Å². The first-order valence-corrected chi connectivity index (χ1v) is 12.6. The van der Waals surface area contributed by atoms with E-state index in [9.17, 15) is 13.2 Å². The summed E-state index contributed by atoms with van der Waals surface area (Å²) in [6, 6.07) is 7.60. The van der Waals surface area contributed by atoms with Crippen molar-refractivity contribution in [2.24, 2.45) is 0 Å². The van der Waals surface area contributed by atoms with Gasteiger partial charge in [0.1, 0.15) is 0 Å². The molecule has 0 bridgehead atoms. The van der Waals surface area contributed by atoms with Gasteiger partial charge in [-0.1, -0.05) is 28.2 Å². The lowest BCUT2D eigenvalue weighted by atomic mass is 9.87. The van der Waals surface area contributed by atoms with Gasteiger partial charge in [-0.2, -0.15) is 0 Å². The summed E-state index contributed by atoms with van der Waals surface area (Å²) >= 11 is 7.37. The average Bonchev–Trinajstić information content (AvgIpc) is 3.41. The van der Waals surface area contributed by atoms with Gasteiger partial charge in [-0.05, 0) is 35.6 Å². The number of halogens is 1. The number of aromatic nitrogens is 2. The lowest BCUT2D eigenvalue weighted by Gasteiger charge is -2.26. The van der Waals surface area contributed by atoms with Crippen molar-refractivity contribution < 1.29 is 13.2 Å². The van der Waals surface area contributed by atoms with Crippen molar-refractivity contribution in [2.45, 2.75) is 24.3 Å². The molecule has 0 radical (unpaired) electrons. The highest BCUT2D eigenvalue weighted by molar-refractivity contribution is 7.91. The number of likely N-dealkylation sites (tertiary alicyclic amines) is 1. The number of carbonyl (C=O) groups is 1. The van der Waals surface area contributed by atoms with E-state index in [4.69, 9.17) is 11.6 Å². The maximum Gasteiger partial charge on any atom is 0.236 e. The molecule has 4 rings (SSSR count). The van der Waals surface area contributed by atoms with Crippen molar-refractivity contribution in [2.75, 3.05) is 38.2 Å². The fraction of sp³-hybridized carbons (Fsp3) is 0.526. The van der Waals surface area contributed by atoms with Crippen LogP contribution >= 0.6 is 23.1 Å². The summed E-state index contributed by atoms with van der Waals surface area (Å²) in [6.45, 7) is 1.71. The second-order valence-corrected chi connectivity index (χ2v) is 11.1. The van der Waals surface area contributed by atoms with Gasteiger partial charge in [-0.15, -0.1) is 5.10 Å². The molecule has 2 fully saturated rings. The summed E-state index contributed by atoms with van der Waals surface area (Å²) in [5.74, 6) is 0.534. The number of carbonyl (C=O) groups excluding carboxylic acids is 1. The molecular weight excluding hydrogens is 432 g/mol. The summed E-state index contributed by atoms with van der Waals surface area (Å²) in [6.07, 6.45) is 0.519. The molecule has 0 spiro atoms. The number of hydrogen-bond acceptors (Lipinski definition) is 7. The number of nitrogens with zero attached hydrogens (tertiary/aromatic N) is 4. The molecule has 156 valence electrons. The quantitative estimate of drug-likeness (QED) is 0.687. The number of amides is 1. The van der Waals surface area contributed by atoms with Gasteiger partial charge >= 0.3 is 0 Å². The number of sulfone groups is 1. The largest absolute Gasteiger partial charge is 0.341 e. The van der Waals surface area contributed by atoms with E-state index < -0.39 is 9.84 Å². The van der Waals surface area contributed by atoms with Crippen LogP contribution < -0.4 is 0 Å². The van der Waals surface area contributed by atoms with Crippen molar-refractivity contribution >= 4 is 38.9 Å². The molecule has 3 atom stereocenters. The Kier molecular flexibility index (Phi) is 5.92. The minimum atomic E-state index is -3.02. The Morgan fingerprint density at radius 1 is 1.28 bits per heavy atom. The molecule has 10 heteroatoms. The van der Waals surface area contributed by atoms with Crippen LogP contribution in [0.4, 0.5) is 0 Å². The number of rotatable bonds is 5. The SMILES string of the molecule is CN(C(=O)CN1C[C@H](c2ccc(Cl)cc2)[C@@H](c2csnn2)C1)C1CCS(=O)(=O)C1. The van der Waals surface area contributed by atoms with E-state index in [1.807, 2.05) is 29.6 Å². The Hall–Kier alpha value is -1.55. The molecule has 1 unspecified atom stereocenters. The average molecular weight is 455 g/mol. The number of benzene rings is 1. The summed E-state index contributed by atoms with van der Waals surface area (Å²) < 4.78 is 27.5. The second kappa shape index (κ2) is 8.29. The first-order chi connectivity index (χ1) is 13.8. The van der Waals surface area contributed by atoms with E-state index in [0.29, 0.717) is 18.0 Å². The molecule has 1 amide bonds. The molecule has 0 N–H and O–H groups in total. The van der Waals surface area contributed by atoms with Gasteiger partial charge in [0.05, 0.1) is 23.7 Å². The van der Waals surface area contributed by atoms with Crippen LogP contribution in [-0.2, 0) is 14.6 Å². The van der Waals surface area contributed by atoms with Gasteiger partial charge in [0.2, 0.25) is 5.91 Å². The molecular formula is C19H23ClN4O3S2. The molecule has 2 aromatic rings. The highest BCUT2D eigenvalue weighted by atomic mass is 35.5. The lowest BCUT2D eigenvalue weighted by molar-refractivity contribution is -0.132. The van der Waals surface area contributed by atoms with Crippen LogP contribution in [-0.4, -0.2) is 77.9 Å². The fourth-order valence-corrected chi connectivity index (χ4v) is 6.70. The van der Waals surface area contributed by atoms with Crippen LogP contribution in [0.25, 0.3) is 0 Å². The van der Waals surface area contributed by atoms with Crippen LogP contribution in [0.15, 0.2) is 29.6 Å². The zero-order valence-electron chi connectivity index (χ0n) is 16.1. The first kappa shape index (κ1) is 20.7. The van der Waals surface area contributed by atoms with E-state index in [1.165, 1.54) is 11.5 Å². The molecule has 0 saturated carbocycles. The van der Waals surface area contributed by atoms with Gasteiger partial charge in [-0.25, -0.2) is 8.42 Å². The van der Waals surface area contributed by atoms with E-state index >= 15 is 0 Å². The molecule has 1 aromatic carbocycles. The van der Waals surface area contributed by atoms with E-state index in [-0.39, 0.29) is 41.8 Å². The Labute approximate surface area is 179 Å². The predicted octanol–water partition coefficient (Wildman–Crippen LogP) is 2.02. The topological polar surface area (TPSA) is 83.5 Å². The fourth-order valence-electron chi connectivity index (χ4n) is 4.28. The van der Waals surface area contributed by atoms with Crippen LogP contribution in [0.1, 0.15) is 29.5 Å². The molecule has 0 aliphatic carbocycles. The minimum Gasteiger partial charge on any atom is -0.341 e. The van der Waals surface area contributed by atoms with Crippen molar-refractivity contribution in [3.05, 3.63) is 45.9 Å². The Bertz CT molecular complexity index is 966. The molecule has 3 heterocycles. The molecule has 29 heavy (non-hydrogen) atoms. The van der Waals surface area contributed by atoms with Gasteiger partial charge in [0.15, 0.2) is 9.84 Å². The third kappa shape index (κ3) is 4.63. The van der Waals surface area contributed by atoms with Gasteiger partial charge in [-0.3, -0.25) is 9.69 Å². The monoisotopic (exact) mass is 454 g/mol. The van der Waals surface area contributed by atoms with Crippen molar-refractivity contribution in [3.63, 3.8) is 0 Å². The Balaban J connectivity index is 1.47. The summed E-state index contributed by atoms with van der Waals surface area (Å²) in [7, 11) is -1.31. The minimum absolute atomic E-state index is 0.0426. The standard InChI is InChI=1S/C19H23ClN4O3S2/c1-23(15-6-7-29(26,27)12-15)19(25)10-24-8-16(13-2-4-14(20)5-3-13)17(9-24)18-11-28-22-21-18/h2-5,11,15-17H,6-10,12H2,1H3/t15?,16-,17+/m1/s1. The lowest BCUT2D eigenvalue weighted by Crippen LogP contribution is -2.43. The van der Waals surface area contributed by atoms with E-state index in [1.54, 1.807) is 11.9 Å². The van der Waals surface area contributed by atoms with Crippen molar-refractivity contribution in [1.29, 1.82) is 0 Å². The number of hydrogen-bond donors (Lipinski definition) is 0. The third-order valence-corrected chi connectivity index (χ3v) is 8.48. The predicted molar refractivity (Wildman–Crippen MR) is 113 cm³/mol. The third-order valence-electron chi connectivity index (χ3n) is 5.96.